The first-order valence-electron chi connectivity index (χ1n) is 11.6. The van der Waals surface area contributed by atoms with Gasteiger partial charge in [-0.15, -0.1) is 0 Å². The predicted molar refractivity (Wildman–Crippen MR) is 131 cm³/mol. The van der Waals surface area contributed by atoms with Crippen LogP contribution in [0.25, 0.3) is 0 Å². The van der Waals surface area contributed by atoms with Crippen LogP contribution < -0.4 is 33.2 Å². The largest absolute Gasteiger partial charge is 0.481 e. The molecule has 0 aromatic heterocycles. The quantitative estimate of drug-likeness (QED) is 0.100. The zero-order valence-electron chi connectivity index (χ0n) is 20.2. The van der Waals surface area contributed by atoms with Crippen molar-refractivity contribution in [3.8, 4) is 0 Å². The van der Waals surface area contributed by atoms with Crippen molar-refractivity contribution in [1.29, 1.82) is 0 Å². The number of nitrogens with two attached hydrogens (primary N) is 3. The highest BCUT2D eigenvalue weighted by molar-refractivity contribution is 5.97. The number of carbonyl (C=O) groups excluding carboxylic acids is 4. The fraction of sp³-hybridized carbons (Fsp3) is 0.478. The van der Waals surface area contributed by atoms with Crippen LogP contribution in [0, 0.1) is 0 Å². The third-order valence-corrected chi connectivity index (χ3v) is 5.25. The second-order valence-electron chi connectivity index (χ2n) is 8.37. The highest BCUT2D eigenvalue weighted by Gasteiger charge is 2.32. The Morgan fingerprint density at radius 3 is 1.84 bits per heavy atom. The minimum atomic E-state index is -1.70. The predicted octanol–water partition coefficient (Wildman–Crippen LogP) is -2.43. The summed E-state index contributed by atoms with van der Waals surface area (Å²) in [5.74, 6) is -6.69. The van der Waals surface area contributed by atoms with E-state index in [1.807, 2.05) is 0 Å². The summed E-state index contributed by atoms with van der Waals surface area (Å²) in [6.45, 7) is 0.319. The maximum atomic E-state index is 12.8. The van der Waals surface area contributed by atoms with E-state index in [9.17, 15) is 39.0 Å². The number of nitrogens with one attached hydrogen (secondary N) is 3. The number of aliphatic carboxylic acids is 2. The average molecular weight is 523 g/mol. The number of primary amides is 1. The molecular weight excluding hydrogens is 488 g/mol. The van der Waals surface area contributed by atoms with Crippen molar-refractivity contribution >= 4 is 35.6 Å². The Bertz CT molecular complexity index is 958. The van der Waals surface area contributed by atoms with Gasteiger partial charge in [-0.05, 0) is 37.8 Å². The molecule has 11 N–H and O–H groups in total. The van der Waals surface area contributed by atoms with E-state index in [2.05, 4.69) is 16.0 Å². The van der Waals surface area contributed by atoms with E-state index in [4.69, 9.17) is 17.2 Å². The van der Waals surface area contributed by atoms with E-state index in [1.54, 1.807) is 30.3 Å². The second kappa shape index (κ2) is 15.9. The van der Waals surface area contributed by atoms with Crippen molar-refractivity contribution in [3.63, 3.8) is 0 Å². The molecule has 0 bridgehead atoms. The van der Waals surface area contributed by atoms with Crippen LogP contribution in [0.4, 0.5) is 0 Å². The Morgan fingerprint density at radius 2 is 1.32 bits per heavy atom. The Balaban J connectivity index is 2.95. The van der Waals surface area contributed by atoms with Crippen LogP contribution in [0.15, 0.2) is 30.3 Å². The maximum absolute atomic E-state index is 12.8. The van der Waals surface area contributed by atoms with E-state index >= 15 is 0 Å². The van der Waals surface area contributed by atoms with E-state index in [0.29, 0.717) is 19.4 Å². The molecule has 0 saturated heterocycles. The fourth-order valence-electron chi connectivity index (χ4n) is 3.33. The van der Waals surface area contributed by atoms with Gasteiger partial charge in [0.05, 0.1) is 18.9 Å². The molecule has 0 radical (unpaired) electrons. The lowest BCUT2D eigenvalue weighted by Crippen LogP contribution is -2.58. The standard InChI is InChI=1S/C23H34N6O8/c24-9-5-4-8-15(23(36)37)27-22(35)17(12-19(31)32)29-21(34)16(11-18(26)30)28-20(33)14(25)10-13-6-2-1-3-7-13/h1-3,6-7,14-17H,4-5,8-12,24-25H2,(H2,26,30)(H,27,35)(H,28,33)(H,29,34)(H,31,32)(H,36,37). The van der Waals surface area contributed by atoms with Crippen molar-refractivity contribution in [3.05, 3.63) is 35.9 Å². The van der Waals surface area contributed by atoms with E-state index in [-0.39, 0.29) is 12.8 Å². The first-order valence-corrected chi connectivity index (χ1v) is 11.6. The van der Waals surface area contributed by atoms with Crippen molar-refractivity contribution in [2.75, 3.05) is 6.54 Å². The molecule has 1 rings (SSSR count). The smallest absolute Gasteiger partial charge is 0.326 e. The van der Waals surface area contributed by atoms with Crippen molar-refractivity contribution in [1.82, 2.24) is 16.0 Å². The highest BCUT2D eigenvalue weighted by Crippen LogP contribution is 2.05. The van der Waals surface area contributed by atoms with Gasteiger partial charge in [-0.1, -0.05) is 30.3 Å². The van der Waals surface area contributed by atoms with Gasteiger partial charge >= 0.3 is 11.9 Å². The molecule has 1 aromatic rings. The lowest BCUT2D eigenvalue weighted by molar-refractivity contribution is -0.144. The van der Waals surface area contributed by atoms with Crippen molar-refractivity contribution in [2.24, 2.45) is 17.2 Å². The molecule has 4 amide bonds. The molecule has 204 valence electrons. The normalized spacial score (nSPS) is 13.9. The minimum Gasteiger partial charge on any atom is -0.481 e. The molecule has 4 atom stereocenters. The van der Waals surface area contributed by atoms with Crippen LogP contribution in [0.1, 0.15) is 37.7 Å². The van der Waals surface area contributed by atoms with Crippen molar-refractivity contribution < 1.29 is 39.0 Å². The van der Waals surface area contributed by atoms with Gasteiger partial charge in [-0.25, -0.2) is 4.79 Å². The van der Waals surface area contributed by atoms with Gasteiger partial charge in [0, 0.05) is 0 Å². The Hall–Kier alpha value is -4.04. The summed E-state index contributed by atoms with van der Waals surface area (Å²) in [5, 5.41) is 25.2. The SMILES string of the molecule is NCCCCC(NC(=O)C(CC(=O)O)NC(=O)C(CC(N)=O)NC(=O)C(N)Cc1ccccc1)C(=O)O. The first kappa shape index (κ1) is 31.0. The van der Waals surface area contributed by atoms with E-state index < -0.39 is 72.6 Å². The fourth-order valence-corrected chi connectivity index (χ4v) is 3.33. The summed E-state index contributed by atoms with van der Waals surface area (Å²) >= 11 is 0. The minimum absolute atomic E-state index is 0.0334. The van der Waals surface area contributed by atoms with Gasteiger partial charge < -0.3 is 43.4 Å². The molecule has 37 heavy (non-hydrogen) atoms. The van der Waals surface area contributed by atoms with Gasteiger partial charge in [0.25, 0.3) is 0 Å². The number of carboxylic acids is 2. The van der Waals surface area contributed by atoms with Gasteiger partial charge in [0.15, 0.2) is 0 Å². The number of rotatable bonds is 17. The molecule has 0 saturated carbocycles. The van der Waals surface area contributed by atoms with Crippen LogP contribution in [0.2, 0.25) is 0 Å². The third kappa shape index (κ3) is 12.0. The monoisotopic (exact) mass is 522 g/mol. The molecule has 0 heterocycles. The molecule has 14 nitrogen and oxygen atoms in total. The summed E-state index contributed by atoms with van der Waals surface area (Å²) in [6, 6.07) is 3.09. The number of unbranched alkanes of at least 4 members (excludes halogenated alkanes) is 1. The maximum Gasteiger partial charge on any atom is 0.326 e. The number of hydrogen-bond acceptors (Lipinski definition) is 8. The average Bonchev–Trinajstić information content (AvgIpc) is 2.82. The Labute approximate surface area is 213 Å². The second-order valence-corrected chi connectivity index (χ2v) is 8.37. The van der Waals surface area contributed by atoms with Gasteiger partial charge in [0.1, 0.15) is 18.1 Å². The summed E-state index contributed by atoms with van der Waals surface area (Å²) in [4.78, 5) is 72.4. The summed E-state index contributed by atoms with van der Waals surface area (Å²) in [5.41, 5.74) is 17.2. The van der Waals surface area contributed by atoms with Crippen LogP contribution in [-0.4, -0.2) is 76.5 Å². The summed E-state index contributed by atoms with van der Waals surface area (Å²) in [6.07, 6.45) is -0.491. The van der Waals surface area contributed by atoms with Crippen molar-refractivity contribution in [2.45, 2.75) is 62.7 Å². The van der Waals surface area contributed by atoms with Crippen LogP contribution in [0.5, 0.6) is 0 Å². The molecule has 0 spiro atoms. The number of carbonyl (C=O) groups is 6. The van der Waals surface area contributed by atoms with Gasteiger partial charge in [-0.2, -0.15) is 0 Å². The molecule has 4 unspecified atom stereocenters. The molecule has 0 aliphatic rings. The van der Waals surface area contributed by atoms with Crippen LogP contribution in [-0.2, 0) is 35.2 Å². The Kier molecular flexibility index (Phi) is 13.3. The molecule has 1 aromatic carbocycles. The number of amides is 4. The molecule has 0 fully saturated rings. The zero-order valence-corrected chi connectivity index (χ0v) is 20.2. The van der Waals surface area contributed by atoms with Crippen LogP contribution in [0.3, 0.4) is 0 Å². The number of hydrogen-bond donors (Lipinski definition) is 8. The number of benzene rings is 1. The topological polar surface area (TPSA) is 257 Å². The molecule has 0 aliphatic carbocycles. The number of carboxylic acid groups (broad SMARTS) is 2. The van der Waals surface area contributed by atoms with E-state index in [0.717, 1.165) is 5.56 Å². The summed E-state index contributed by atoms with van der Waals surface area (Å²) in [7, 11) is 0. The van der Waals surface area contributed by atoms with E-state index in [1.165, 1.54) is 0 Å². The molecule has 14 heteroatoms. The molecule has 0 aliphatic heterocycles. The van der Waals surface area contributed by atoms with Crippen LogP contribution >= 0.6 is 0 Å². The lowest BCUT2D eigenvalue weighted by Gasteiger charge is -2.24. The summed E-state index contributed by atoms with van der Waals surface area (Å²) < 4.78 is 0. The first-order chi connectivity index (χ1) is 17.4. The van der Waals surface area contributed by atoms with Gasteiger partial charge in [-0.3, -0.25) is 24.0 Å². The Morgan fingerprint density at radius 1 is 0.784 bits per heavy atom. The van der Waals surface area contributed by atoms with Gasteiger partial charge in [0.2, 0.25) is 23.6 Å². The third-order valence-electron chi connectivity index (χ3n) is 5.25. The zero-order chi connectivity index (χ0) is 28.0. The highest BCUT2D eigenvalue weighted by atomic mass is 16.4. The lowest BCUT2D eigenvalue weighted by atomic mass is 10.0. The molecular formula is C23H34N6O8.